The van der Waals surface area contributed by atoms with Gasteiger partial charge in [-0.15, -0.1) is 11.5 Å². The quantitative estimate of drug-likeness (QED) is 0.384. The van der Waals surface area contributed by atoms with E-state index in [2.05, 4.69) is 24.6 Å². The summed E-state index contributed by atoms with van der Waals surface area (Å²) >= 11 is 0. The molecule has 19 heavy (non-hydrogen) atoms. The molecule has 0 aliphatic heterocycles. The van der Waals surface area contributed by atoms with Crippen LogP contribution in [0.25, 0.3) is 0 Å². The lowest BCUT2D eigenvalue weighted by Crippen LogP contribution is -2.41. The van der Waals surface area contributed by atoms with Crippen LogP contribution in [0.5, 0.6) is 0 Å². The van der Waals surface area contributed by atoms with Gasteiger partial charge in [-0.25, -0.2) is 0 Å². The van der Waals surface area contributed by atoms with Crippen LogP contribution in [0.4, 0.5) is 0 Å². The molecule has 0 aromatic heterocycles. The molecule has 104 valence electrons. The van der Waals surface area contributed by atoms with Gasteiger partial charge in [0.05, 0.1) is 13.2 Å². The summed E-state index contributed by atoms with van der Waals surface area (Å²) < 4.78 is 9.99. The van der Waals surface area contributed by atoms with Crippen LogP contribution in [-0.2, 0) is 19.1 Å². The molecular weight excluding hydrogens is 244 g/mol. The third-order valence-corrected chi connectivity index (χ3v) is 2.52. The first-order valence-electron chi connectivity index (χ1n) is 6.12. The van der Waals surface area contributed by atoms with Crippen LogP contribution in [0.2, 0.25) is 0 Å². The van der Waals surface area contributed by atoms with E-state index in [0.29, 0.717) is 0 Å². The van der Waals surface area contributed by atoms with Gasteiger partial charge < -0.3 is 9.47 Å². The standard InChI is InChI=1S/C15H20O4/c1-5-9-11-15(12-10-6-2,13(16)18-7-3)14(17)19-8-4/h9-10H,1-2,7-8,11-12H2,3-4H3. The van der Waals surface area contributed by atoms with Gasteiger partial charge in [0, 0.05) is 0 Å². The maximum Gasteiger partial charge on any atom is 0.324 e. The molecule has 0 spiro atoms. The number of allylic oxidation sites excluding steroid dienone is 2. The molecule has 4 nitrogen and oxygen atoms in total. The van der Waals surface area contributed by atoms with Crippen molar-refractivity contribution in [2.45, 2.75) is 26.7 Å². The van der Waals surface area contributed by atoms with E-state index < -0.39 is 17.4 Å². The highest BCUT2D eigenvalue weighted by molar-refractivity contribution is 6.00. The lowest BCUT2D eigenvalue weighted by Gasteiger charge is -2.26. The van der Waals surface area contributed by atoms with E-state index in [9.17, 15) is 9.59 Å². The highest BCUT2D eigenvalue weighted by Crippen LogP contribution is 2.31. The molecule has 4 heteroatoms. The van der Waals surface area contributed by atoms with Crippen LogP contribution >= 0.6 is 0 Å². The molecule has 0 aliphatic carbocycles. The smallest absolute Gasteiger partial charge is 0.324 e. The van der Waals surface area contributed by atoms with Crippen LogP contribution in [0.15, 0.2) is 36.8 Å². The summed E-state index contributed by atoms with van der Waals surface area (Å²) in [5.41, 5.74) is 3.69. The van der Waals surface area contributed by atoms with Crippen molar-refractivity contribution in [1.29, 1.82) is 0 Å². The van der Waals surface area contributed by atoms with Crippen molar-refractivity contribution in [1.82, 2.24) is 0 Å². The van der Waals surface area contributed by atoms with Gasteiger partial charge in [-0.2, -0.15) is 0 Å². The minimum absolute atomic E-state index is 0.117. The molecule has 0 atom stereocenters. The average Bonchev–Trinajstić information content (AvgIpc) is 2.40. The van der Waals surface area contributed by atoms with Crippen molar-refractivity contribution in [3.8, 4) is 0 Å². The number of hydrogen-bond donors (Lipinski definition) is 0. The Balaban J connectivity index is 5.52. The van der Waals surface area contributed by atoms with Crippen molar-refractivity contribution < 1.29 is 19.1 Å². The van der Waals surface area contributed by atoms with Crippen LogP contribution < -0.4 is 0 Å². The summed E-state index contributed by atoms with van der Waals surface area (Å²) in [4.78, 5) is 24.3. The predicted molar refractivity (Wildman–Crippen MR) is 72.4 cm³/mol. The fourth-order valence-corrected chi connectivity index (χ4v) is 1.53. The summed E-state index contributed by atoms with van der Waals surface area (Å²) in [5.74, 6) is -1.24. The molecule has 0 heterocycles. The predicted octanol–water partition coefficient (Wildman–Crippen LogP) is 2.56. The summed E-state index contributed by atoms with van der Waals surface area (Å²) in [6.07, 6.45) is 3.27. The monoisotopic (exact) mass is 264 g/mol. The summed E-state index contributed by atoms with van der Waals surface area (Å²) in [5, 5.41) is 0. The highest BCUT2D eigenvalue weighted by atomic mass is 16.6. The molecule has 0 rings (SSSR count). The Labute approximate surface area is 114 Å². The summed E-state index contributed by atoms with van der Waals surface area (Å²) in [6, 6.07) is 0. The maximum atomic E-state index is 12.1. The van der Waals surface area contributed by atoms with Crippen LogP contribution in [0, 0.1) is 5.41 Å². The van der Waals surface area contributed by atoms with Gasteiger partial charge in [-0.1, -0.05) is 13.2 Å². The van der Waals surface area contributed by atoms with E-state index in [-0.39, 0.29) is 26.1 Å². The largest absolute Gasteiger partial charge is 0.465 e. The number of ether oxygens (including phenoxy) is 2. The van der Waals surface area contributed by atoms with Gasteiger partial charge in [0.1, 0.15) is 0 Å². The first kappa shape index (κ1) is 17.0. The van der Waals surface area contributed by atoms with E-state index in [1.807, 2.05) is 0 Å². The highest BCUT2D eigenvalue weighted by Gasteiger charge is 2.47. The van der Waals surface area contributed by atoms with E-state index in [0.717, 1.165) is 0 Å². The van der Waals surface area contributed by atoms with E-state index in [1.165, 1.54) is 12.2 Å². The molecule has 0 fully saturated rings. The van der Waals surface area contributed by atoms with Crippen molar-refractivity contribution >= 4 is 11.9 Å². The number of hydrogen-bond acceptors (Lipinski definition) is 4. The maximum absolute atomic E-state index is 12.1. The molecule has 0 aromatic carbocycles. The summed E-state index contributed by atoms with van der Waals surface area (Å²) in [7, 11) is 0. The second-order valence-corrected chi connectivity index (χ2v) is 3.75. The van der Waals surface area contributed by atoms with Gasteiger partial charge >= 0.3 is 11.9 Å². The van der Waals surface area contributed by atoms with Crippen LogP contribution in [0.1, 0.15) is 26.7 Å². The second-order valence-electron chi connectivity index (χ2n) is 3.75. The zero-order chi connectivity index (χ0) is 14.7. The van der Waals surface area contributed by atoms with Crippen LogP contribution in [0.3, 0.4) is 0 Å². The fourth-order valence-electron chi connectivity index (χ4n) is 1.53. The van der Waals surface area contributed by atoms with Gasteiger partial charge in [0.15, 0.2) is 5.41 Å². The topological polar surface area (TPSA) is 52.6 Å². The van der Waals surface area contributed by atoms with E-state index >= 15 is 0 Å². The SMILES string of the molecule is C=C=CCC(CC=C=C)(C(=O)OCC)C(=O)OCC. The normalized spacial score (nSPS) is 9.79. The fraction of sp³-hybridized carbons (Fsp3) is 0.467. The minimum Gasteiger partial charge on any atom is -0.465 e. The first-order valence-corrected chi connectivity index (χ1v) is 6.12. The van der Waals surface area contributed by atoms with E-state index in [1.54, 1.807) is 13.8 Å². The molecule has 0 unspecified atom stereocenters. The Kier molecular flexibility index (Phi) is 8.03. The zero-order valence-electron chi connectivity index (χ0n) is 11.5. The Bertz CT molecular complexity index is 370. The Morgan fingerprint density at radius 3 is 1.63 bits per heavy atom. The van der Waals surface area contributed by atoms with Crippen molar-refractivity contribution in [3.63, 3.8) is 0 Å². The van der Waals surface area contributed by atoms with Gasteiger partial charge in [-0.3, -0.25) is 9.59 Å². The van der Waals surface area contributed by atoms with Gasteiger partial charge in [0.2, 0.25) is 0 Å². The molecule has 0 radical (unpaired) electrons. The molecule has 0 saturated carbocycles. The first-order chi connectivity index (χ1) is 9.08. The lowest BCUT2D eigenvalue weighted by atomic mass is 9.81. The van der Waals surface area contributed by atoms with Crippen molar-refractivity contribution in [2.24, 2.45) is 5.41 Å². The second kappa shape index (κ2) is 8.98. The minimum atomic E-state index is -1.42. The van der Waals surface area contributed by atoms with E-state index in [4.69, 9.17) is 9.47 Å². The Hall–Kier alpha value is -2.02. The number of carbonyl (C=O) groups excluding carboxylic acids is 2. The Morgan fingerprint density at radius 1 is 1.00 bits per heavy atom. The number of carbonyl (C=O) groups is 2. The molecule has 0 saturated heterocycles. The molecule has 0 aromatic rings. The van der Waals surface area contributed by atoms with Crippen LogP contribution in [-0.4, -0.2) is 25.2 Å². The van der Waals surface area contributed by atoms with Crippen molar-refractivity contribution in [2.75, 3.05) is 13.2 Å². The molecule has 0 amide bonds. The zero-order valence-corrected chi connectivity index (χ0v) is 11.5. The molecule has 0 aliphatic rings. The average molecular weight is 264 g/mol. The third-order valence-electron chi connectivity index (χ3n) is 2.52. The molecule has 0 bridgehead atoms. The number of rotatable bonds is 8. The number of esters is 2. The Morgan fingerprint density at radius 2 is 1.37 bits per heavy atom. The van der Waals surface area contributed by atoms with Crippen molar-refractivity contribution in [3.05, 3.63) is 36.8 Å². The molecule has 0 N–H and O–H groups in total. The third kappa shape index (κ3) is 4.63. The van der Waals surface area contributed by atoms with Gasteiger partial charge in [-0.05, 0) is 38.8 Å². The molecular formula is C15H20O4. The van der Waals surface area contributed by atoms with Gasteiger partial charge in [0.25, 0.3) is 0 Å². The lowest BCUT2D eigenvalue weighted by molar-refractivity contribution is -0.171. The summed E-state index contributed by atoms with van der Waals surface area (Å²) in [6.45, 7) is 10.6.